The number of anilines is 1. The Hall–Kier alpha value is -3.26. The van der Waals surface area contributed by atoms with Gasteiger partial charge in [-0.05, 0) is 55.5 Å². The minimum Gasteiger partial charge on any atom is -0.497 e. The number of rotatable bonds is 5. The number of carbonyl (C=O) groups is 2. The molecule has 1 aromatic heterocycles. The summed E-state index contributed by atoms with van der Waals surface area (Å²) in [6.07, 6.45) is 0. The molecule has 8 heteroatoms. The Bertz CT molecular complexity index is 1050. The predicted molar refractivity (Wildman–Crippen MR) is 108 cm³/mol. The van der Waals surface area contributed by atoms with Gasteiger partial charge in [0.1, 0.15) is 22.6 Å². The molecule has 1 aliphatic rings. The Morgan fingerprint density at radius 3 is 2.45 bits per heavy atom. The number of ether oxygens (including phenoxy) is 1. The van der Waals surface area contributed by atoms with Gasteiger partial charge in [0.05, 0.1) is 19.3 Å². The van der Waals surface area contributed by atoms with E-state index in [9.17, 15) is 14.0 Å². The van der Waals surface area contributed by atoms with E-state index in [-0.39, 0.29) is 12.5 Å². The van der Waals surface area contributed by atoms with Gasteiger partial charge in [-0.1, -0.05) is 0 Å². The number of halogens is 1. The number of nitrogens with zero attached hydrogens (tertiary/aromatic N) is 3. The molecule has 0 bridgehead atoms. The van der Waals surface area contributed by atoms with Crippen LogP contribution in [-0.4, -0.2) is 35.0 Å². The zero-order chi connectivity index (χ0) is 20.5. The van der Waals surface area contributed by atoms with Gasteiger partial charge in [-0.25, -0.2) is 14.2 Å². The van der Waals surface area contributed by atoms with Crippen molar-refractivity contribution in [3.8, 4) is 16.3 Å². The van der Waals surface area contributed by atoms with E-state index in [1.807, 2.05) is 29.6 Å². The summed E-state index contributed by atoms with van der Waals surface area (Å²) in [5.74, 6) is 0.0525. The van der Waals surface area contributed by atoms with Gasteiger partial charge >= 0.3 is 6.03 Å². The second-order valence-corrected chi connectivity index (χ2v) is 7.46. The summed E-state index contributed by atoms with van der Waals surface area (Å²) >= 11 is 1.45. The lowest BCUT2D eigenvalue weighted by atomic mass is 10.2. The number of imide groups is 1. The fourth-order valence-electron chi connectivity index (χ4n) is 3.22. The van der Waals surface area contributed by atoms with Crippen molar-refractivity contribution in [2.45, 2.75) is 19.5 Å². The molecule has 1 fully saturated rings. The Morgan fingerprint density at radius 2 is 1.79 bits per heavy atom. The highest BCUT2D eigenvalue weighted by Crippen LogP contribution is 2.29. The van der Waals surface area contributed by atoms with Gasteiger partial charge < -0.3 is 4.74 Å². The second-order valence-electron chi connectivity index (χ2n) is 6.60. The summed E-state index contributed by atoms with van der Waals surface area (Å²) in [5, 5.41) is 2.64. The molecule has 3 amide bonds. The van der Waals surface area contributed by atoms with Crippen LogP contribution in [0.15, 0.2) is 53.9 Å². The Labute approximate surface area is 171 Å². The average Bonchev–Trinajstić information content (AvgIpc) is 3.28. The fraction of sp³-hybridized carbons (Fsp3) is 0.190. The van der Waals surface area contributed by atoms with Gasteiger partial charge in [-0.2, -0.15) is 0 Å². The second kappa shape index (κ2) is 7.63. The number of hydrogen-bond acceptors (Lipinski definition) is 5. The van der Waals surface area contributed by atoms with Crippen LogP contribution in [0.5, 0.6) is 5.75 Å². The summed E-state index contributed by atoms with van der Waals surface area (Å²) in [5.41, 5.74) is 2.05. The molecule has 6 nitrogen and oxygen atoms in total. The van der Waals surface area contributed by atoms with Crippen molar-refractivity contribution >= 4 is 29.0 Å². The molecule has 3 aromatic rings. The van der Waals surface area contributed by atoms with E-state index < -0.39 is 17.9 Å². The van der Waals surface area contributed by atoms with Crippen molar-refractivity contribution in [3.05, 3.63) is 65.4 Å². The number of thiazole rings is 1. The van der Waals surface area contributed by atoms with Crippen molar-refractivity contribution < 1.29 is 18.7 Å². The zero-order valence-electron chi connectivity index (χ0n) is 15.8. The molecular weight excluding hydrogens is 393 g/mol. The Morgan fingerprint density at radius 1 is 1.10 bits per heavy atom. The molecule has 1 aliphatic heterocycles. The van der Waals surface area contributed by atoms with Crippen molar-refractivity contribution in [1.82, 2.24) is 9.88 Å². The molecule has 0 aliphatic carbocycles. The first-order valence-corrected chi connectivity index (χ1v) is 9.85. The third kappa shape index (κ3) is 3.58. The number of urea groups is 1. The normalized spacial score (nSPS) is 16.6. The van der Waals surface area contributed by atoms with Gasteiger partial charge in [0.25, 0.3) is 5.91 Å². The van der Waals surface area contributed by atoms with E-state index in [0.717, 1.165) is 16.3 Å². The summed E-state index contributed by atoms with van der Waals surface area (Å²) in [7, 11) is 1.61. The Kier molecular flexibility index (Phi) is 5.02. The summed E-state index contributed by atoms with van der Waals surface area (Å²) in [4.78, 5) is 32.7. The van der Waals surface area contributed by atoms with Crippen LogP contribution in [0.1, 0.15) is 12.6 Å². The molecule has 0 N–H and O–H groups in total. The number of methoxy groups -OCH3 is 1. The SMILES string of the molecule is COc1ccc(-c2nc(CN3C(=O)C(C)N(c4ccc(F)cc4)C3=O)cs2)cc1. The van der Waals surface area contributed by atoms with E-state index >= 15 is 0 Å². The van der Waals surface area contributed by atoms with E-state index in [0.29, 0.717) is 11.4 Å². The van der Waals surface area contributed by atoms with Gasteiger partial charge in [0, 0.05) is 16.6 Å². The lowest BCUT2D eigenvalue weighted by molar-refractivity contribution is -0.127. The van der Waals surface area contributed by atoms with Crippen LogP contribution < -0.4 is 9.64 Å². The molecule has 0 radical (unpaired) electrons. The van der Waals surface area contributed by atoms with Crippen LogP contribution in [0, 0.1) is 5.82 Å². The van der Waals surface area contributed by atoms with E-state index in [1.165, 1.54) is 45.4 Å². The number of aromatic nitrogens is 1. The summed E-state index contributed by atoms with van der Waals surface area (Å²) < 4.78 is 18.4. The van der Waals surface area contributed by atoms with Crippen LogP contribution in [0.4, 0.5) is 14.9 Å². The zero-order valence-corrected chi connectivity index (χ0v) is 16.6. The highest BCUT2D eigenvalue weighted by Gasteiger charge is 2.43. The van der Waals surface area contributed by atoms with Gasteiger partial charge in [0.15, 0.2) is 0 Å². The number of carbonyl (C=O) groups excluding carboxylic acids is 2. The molecular formula is C21H18FN3O3S. The lowest BCUT2D eigenvalue weighted by Crippen LogP contribution is -2.33. The van der Waals surface area contributed by atoms with Crippen LogP contribution in [0.25, 0.3) is 10.6 Å². The molecule has 1 atom stereocenters. The maximum absolute atomic E-state index is 13.2. The van der Waals surface area contributed by atoms with Gasteiger partial charge in [0.2, 0.25) is 0 Å². The van der Waals surface area contributed by atoms with Crippen molar-refractivity contribution in [3.63, 3.8) is 0 Å². The molecule has 0 saturated carbocycles. The van der Waals surface area contributed by atoms with Crippen molar-refractivity contribution in [2.75, 3.05) is 12.0 Å². The average molecular weight is 411 g/mol. The van der Waals surface area contributed by atoms with E-state index in [1.54, 1.807) is 14.0 Å². The monoisotopic (exact) mass is 411 g/mol. The predicted octanol–water partition coefficient (Wildman–Crippen LogP) is 4.32. The molecule has 1 saturated heterocycles. The Balaban J connectivity index is 1.53. The highest BCUT2D eigenvalue weighted by atomic mass is 32.1. The summed E-state index contributed by atoms with van der Waals surface area (Å²) in [6, 6.07) is 11.9. The minimum atomic E-state index is -0.660. The molecule has 1 unspecified atom stereocenters. The highest BCUT2D eigenvalue weighted by molar-refractivity contribution is 7.13. The van der Waals surface area contributed by atoms with Crippen molar-refractivity contribution in [2.24, 2.45) is 0 Å². The summed E-state index contributed by atoms with van der Waals surface area (Å²) in [6.45, 7) is 1.75. The maximum atomic E-state index is 13.2. The topological polar surface area (TPSA) is 62.7 Å². The van der Waals surface area contributed by atoms with Crippen LogP contribution >= 0.6 is 11.3 Å². The lowest BCUT2D eigenvalue weighted by Gasteiger charge is -2.19. The minimum absolute atomic E-state index is 0.0896. The number of benzene rings is 2. The molecule has 2 aromatic carbocycles. The van der Waals surface area contributed by atoms with Crippen LogP contribution in [0.3, 0.4) is 0 Å². The number of hydrogen-bond donors (Lipinski definition) is 0. The van der Waals surface area contributed by atoms with E-state index in [4.69, 9.17) is 4.74 Å². The fourth-order valence-corrected chi connectivity index (χ4v) is 4.03. The quantitative estimate of drug-likeness (QED) is 0.587. The first-order chi connectivity index (χ1) is 14.0. The van der Waals surface area contributed by atoms with Gasteiger partial charge in [-0.3, -0.25) is 14.6 Å². The maximum Gasteiger partial charge on any atom is 0.332 e. The molecule has 0 spiro atoms. The molecule has 148 valence electrons. The van der Waals surface area contributed by atoms with E-state index in [2.05, 4.69) is 4.98 Å². The largest absolute Gasteiger partial charge is 0.497 e. The first-order valence-electron chi connectivity index (χ1n) is 8.97. The smallest absolute Gasteiger partial charge is 0.332 e. The number of amides is 3. The van der Waals surface area contributed by atoms with Crippen LogP contribution in [-0.2, 0) is 11.3 Å². The first kappa shape index (κ1) is 19.1. The van der Waals surface area contributed by atoms with Gasteiger partial charge in [-0.15, -0.1) is 11.3 Å². The van der Waals surface area contributed by atoms with Crippen molar-refractivity contribution in [1.29, 1.82) is 0 Å². The third-order valence-electron chi connectivity index (χ3n) is 4.76. The third-order valence-corrected chi connectivity index (χ3v) is 5.70. The molecule has 2 heterocycles. The standard InChI is InChI=1S/C21H18FN3O3S/c1-13-20(26)24(21(27)25(13)17-7-5-15(22)6-8-17)11-16-12-29-19(23-16)14-3-9-18(28-2)10-4-14/h3-10,12-13H,11H2,1-2H3. The molecule has 29 heavy (non-hydrogen) atoms. The van der Waals surface area contributed by atoms with Crippen LogP contribution in [0.2, 0.25) is 0 Å². The molecule has 4 rings (SSSR count).